The van der Waals surface area contributed by atoms with E-state index in [0.29, 0.717) is 11.8 Å². The number of aliphatic hydroxyl groups is 1. The Bertz CT molecular complexity index is 690. The molecule has 132 valence electrons. The van der Waals surface area contributed by atoms with E-state index in [1.807, 2.05) is 0 Å². The van der Waals surface area contributed by atoms with Crippen LogP contribution in [0.5, 0.6) is 0 Å². The molecule has 2 aromatic rings. The third-order valence-electron chi connectivity index (χ3n) is 4.96. The standard InChI is InChI=1S/C11H14ClN5.C5H10O2/c1-2-11(4-3-5-11)9-15-8(12)7-6-14-10(13)16-17(7)9;6-5-2-1-3-7-4-5/h6H,2-5H2,1H3,(H2,13,16);5-6H,1-4H2. The molecule has 3 N–H and O–H groups in total. The van der Waals surface area contributed by atoms with Gasteiger partial charge in [-0.2, -0.15) is 0 Å². The van der Waals surface area contributed by atoms with Gasteiger partial charge in [-0.25, -0.2) is 14.5 Å². The minimum atomic E-state index is -0.186. The lowest BCUT2D eigenvalue weighted by molar-refractivity contribution is -0.00535. The number of hydrogen-bond acceptors (Lipinski definition) is 6. The molecular formula is C16H24ClN5O2. The lowest BCUT2D eigenvalue weighted by Crippen LogP contribution is -2.35. The summed E-state index contributed by atoms with van der Waals surface area (Å²) in [7, 11) is 0. The lowest BCUT2D eigenvalue weighted by Gasteiger charge is -2.39. The van der Waals surface area contributed by atoms with Gasteiger partial charge in [0.1, 0.15) is 11.3 Å². The van der Waals surface area contributed by atoms with Crippen LogP contribution in [0, 0.1) is 0 Å². The topological polar surface area (TPSA) is 98.6 Å². The Morgan fingerprint density at radius 1 is 1.46 bits per heavy atom. The summed E-state index contributed by atoms with van der Waals surface area (Å²) >= 11 is 6.12. The van der Waals surface area contributed by atoms with Gasteiger partial charge in [-0.15, -0.1) is 5.10 Å². The third kappa shape index (κ3) is 3.34. The number of rotatable bonds is 2. The highest BCUT2D eigenvalue weighted by molar-refractivity contribution is 6.32. The van der Waals surface area contributed by atoms with Gasteiger partial charge in [-0.3, -0.25) is 0 Å². The van der Waals surface area contributed by atoms with Crippen LogP contribution in [-0.4, -0.2) is 44.0 Å². The number of nitrogens with two attached hydrogens (primary N) is 1. The molecule has 1 atom stereocenters. The van der Waals surface area contributed by atoms with E-state index in [0.717, 1.165) is 50.1 Å². The first-order valence-corrected chi connectivity index (χ1v) is 8.86. The number of hydrogen-bond donors (Lipinski definition) is 2. The van der Waals surface area contributed by atoms with E-state index in [1.165, 1.54) is 6.42 Å². The molecule has 0 spiro atoms. The van der Waals surface area contributed by atoms with Gasteiger partial charge in [0, 0.05) is 12.0 Å². The van der Waals surface area contributed by atoms with Crippen molar-refractivity contribution < 1.29 is 9.84 Å². The second kappa shape index (κ2) is 7.21. The van der Waals surface area contributed by atoms with E-state index in [-0.39, 0.29) is 17.5 Å². The smallest absolute Gasteiger partial charge is 0.238 e. The van der Waals surface area contributed by atoms with Crippen LogP contribution in [0.4, 0.5) is 5.95 Å². The van der Waals surface area contributed by atoms with Crippen molar-refractivity contribution in [2.45, 2.75) is 57.0 Å². The molecule has 4 rings (SSSR count). The average molecular weight is 354 g/mol. The van der Waals surface area contributed by atoms with Gasteiger partial charge in [0.15, 0.2) is 5.15 Å². The van der Waals surface area contributed by atoms with Crippen LogP contribution in [0.2, 0.25) is 5.15 Å². The van der Waals surface area contributed by atoms with Gasteiger partial charge in [0.05, 0.1) is 18.9 Å². The molecule has 1 aliphatic carbocycles. The number of halogens is 1. The van der Waals surface area contributed by atoms with Gasteiger partial charge in [0.25, 0.3) is 0 Å². The first kappa shape index (κ1) is 17.4. The van der Waals surface area contributed by atoms with E-state index in [9.17, 15) is 0 Å². The Morgan fingerprint density at radius 3 is 2.75 bits per heavy atom. The SMILES string of the molecule is CCC1(c2nc(Cl)c3cnc(N)nn23)CCC1.OC1CCCOC1. The zero-order valence-electron chi connectivity index (χ0n) is 13.9. The Kier molecular flexibility index (Phi) is 5.22. The van der Waals surface area contributed by atoms with Gasteiger partial charge in [-0.1, -0.05) is 24.9 Å². The molecule has 24 heavy (non-hydrogen) atoms. The number of fused-ring (bicyclic) bond motifs is 1. The van der Waals surface area contributed by atoms with Crippen LogP contribution in [-0.2, 0) is 10.2 Å². The zero-order chi connectivity index (χ0) is 17.2. The lowest BCUT2D eigenvalue weighted by atomic mass is 9.66. The van der Waals surface area contributed by atoms with E-state index < -0.39 is 0 Å². The summed E-state index contributed by atoms with van der Waals surface area (Å²) in [6.45, 7) is 3.55. The quantitative estimate of drug-likeness (QED) is 0.859. The molecule has 1 saturated carbocycles. The highest BCUT2D eigenvalue weighted by Crippen LogP contribution is 2.46. The van der Waals surface area contributed by atoms with E-state index in [4.69, 9.17) is 27.2 Å². The summed E-state index contributed by atoms with van der Waals surface area (Å²) in [5.74, 6) is 1.18. The molecule has 1 unspecified atom stereocenters. The molecule has 3 heterocycles. The predicted molar refractivity (Wildman–Crippen MR) is 92.1 cm³/mol. The van der Waals surface area contributed by atoms with Crippen LogP contribution in [0.3, 0.4) is 0 Å². The van der Waals surface area contributed by atoms with Crippen molar-refractivity contribution in [1.29, 1.82) is 0 Å². The summed E-state index contributed by atoms with van der Waals surface area (Å²) < 4.78 is 6.69. The zero-order valence-corrected chi connectivity index (χ0v) is 14.7. The normalized spacial score (nSPS) is 22.5. The second-order valence-electron chi connectivity index (χ2n) is 6.50. The van der Waals surface area contributed by atoms with Crippen molar-refractivity contribution >= 4 is 23.1 Å². The number of imidazole rings is 1. The van der Waals surface area contributed by atoms with Gasteiger partial charge in [-0.05, 0) is 32.1 Å². The fourth-order valence-corrected chi connectivity index (χ4v) is 3.48. The largest absolute Gasteiger partial charge is 0.391 e. The molecule has 2 fully saturated rings. The van der Waals surface area contributed by atoms with Crippen molar-refractivity contribution in [1.82, 2.24) is 19.6 Å². The molecule has 1 saturated heterocycles. The maximum Gasteiger partial charge on any atom is 0.238 e. The summed E-state index contributed by atoms with van der Waals surface area (Å²) in [5, 5.41) is 13.5. The highest BCUT2D eigenvalue weighted by Gasteiger charge is 2.41. The van der Waals surface area contributed by atoms with Crippen molar-refractivity contribution in [3.63, 3.8) is 0 Å². The van der Waals surface area contributed by atoms with Gasteiger partial charge in [0.2, 0.25) is 5.95 Å². The van der Waals surface area contributed by atoms with Gasteiger partial charge < -0.3 is 15.6 Å². The summed E-state index contributed by atoms with van der Waals surface area (Å²) in [6, 6.07) is 0. The fourth-order valence-electron chi connectivity index (χ4n) is 3.27. The number of ether oxygens (including phenoxy) is 1. The number of nitrogen functional groups attached to an aromatic ring is 1. The molecule has 0 aromatic carbocycles. The van der Waals surface area contributed by atoms with Crippen molar-refractivity contribution in [3.8, 4) is 0 Å². The third-order valence-corrected chi connectivity index (χ3v) is 5.24. The number of nitrogens with zero attached hydrogens (tertiary/aromatic N) is 4. The van der Waals surface area contributed by atoms with Crippen LogP contribution >= 0.6 is 11.6 Å². The van der Waals surface area contributed by atoms with Gasteiger partial charge >= 0.3 is 0 Å². The minimum Gasteiger partial charge on any atom is -0.391 e. The molecule has 0 bridgehead atoms. The highest BCUT2D eigenvalue weighted by atomic mass is 35.5. The molecule has 2 aromatic heterocycles. The molecule has 0 radical (unpaired) electrons. The number of aliphatic hydroxyl groups excluding tert-OH is 1. The van der Waals surface area contributed by atoms with Crippen LogP contribution in [0.15, 0.2) is 6.20 Å². The van der Waals surface area contributed by atoms with Crippen LogP contribution in [0.1, 0.15) is 51.3 Å². The Balaban J connectivity index is 0.000000203. The Labute approximate surface area is 146 Å². The Morgan fingerprint density at radius 2 is 2.25 bits per heavy atom. The molecule has 7 nitrogen and oxygen atoms in total. The average Bonchev–Trinajstić information content (AvgIpc) is 2.85. The van der Waals surface area contributed by atoms with Crippen molar-refractivity contribution in [2.24, 2.45) is 0 Å². The molecule has 2 aliphatic rings. The van der Waals surface area contributed by atoms with E-state index in [1.54, 1.807) is 10.7 Å². The van der Waals surface area contributed by atoms with Crippen LogP contribution < -0.4 is 5.73 Å². The van der Waals surface area contributed by atoms with Crippen molar-refractivity contribution in [3.05, 3.63) is 17.2 Å². The summed E-state index contributed by atoms with van der Waals surface area (Å²) in [4.78, 5) is 8.42. The van der Waals surface area contributed by atoms with E-state index >= 15 is 0 Å². The first-order chi connectivity index (χ1) is 11.6. The second-order valence-corrected chi connectivity index (χ2v) is 6.86. The molecule has 8 heteroatoms. The molecule has 1 aliphatic heterocycles. The first-order valence-electron chi connectivity index (χ1n) is 8.49. The molecular weight excluding hydrogens is 330 g/mol. The predicted octanol–water partition coefficient (Wildman–Crippen LogP) is 2.35. The van der Waals surface area contributed by atoms with Crippen molar-refractivity contribution in [2.75, 3.05) is 18.9 Å². The maximum atomic E-state index is 8.78. The number of aromatic nitrogens is 4. The molecule has 0 amide bonds. The maximum absolute atomic E-state index is 8.78. The number of anilines is 1. The fraction of sp³-hybridized carbons (Fsp3) is 0.688. The summed E-state index contributed by atoms with van der Waals surface area (Å²) in [6.07, 6.45) is 7.94. The Hall–Kier alpha value is -1.44. The minimum absolute atomic E-state index is 0.122. The summed E-state index contributed by atoms with van der Waals surface area (Å²) in [5.41, 5.74) is 6.49. The monoisotopic (exact) mass is 353 g/mol. The van der Waals surface area contributed by atoms with E-state index in [2.05, 4.69) is 22.0 Å². The van der Waals surface area contributed by atoms with Crippen LogP contribution in [0.25, 0.3) is 5.52 Å².